The van der Waals surface area contributed by atoms with Gasteiger partial charge in [0.2, 0.25) is 0 Å². The molecular weight excluding hydrogens is 350 g/mol. The Morgan fingerprint density at radius 1 is 1.12 bits per heavy atom. The highest BCUT2D eigenvalue weighted by Crippen LogP contribution is 2.42. The number of benzene rings is 2. The number of rotatable bonds is 5. The van der Waals surface area contributed by atoms with Gasteiger partial charge in [0, 0.05) is 15.9 Å². The van der Waals surface area contributed by atoms with Crippen molar-refractivity contribution in [2.45, 2.75) is 11.8 Å². The first-order valence-corrected chi connectivity index (χ1v) is 9.04. The van der Waals surface area contributed by atoms with Crippen molar-refractivity contribution in [2.75, 3.05) is 25.2 Å². The Kier molecular flexibility index (Phi) is 5.63. The van der Waals surface area contributed by atoms with Gasteiger partial charge in [0.15, 0.2) is 0 Å². The molecule has 0 radical (unpaired) electrons. The Hall–Kier alpha value is -2.73. The monoisotopic (exact) mass is 369 g/mol. The summed E-state index contributed by atoms with van der Waals surface area (Å²) in [6, 6.07) is 15.1. The number of carbonyl (C=O) groups is 2. The van der Waals surface area contributed by atoms with Gasteiger partial charge in [-0.15, -0.1) is 0 Å². The van der Waals surface area contributed by atoms with Crippen molar-refractivity contribution in [3.63, 3.8) is 0 Å². The zero-order valence-corrected chi connectivity index (χ0v) is 15.4. The topological polar surface area (TPSA) is 55.8 Å². The largest absolute Gasteiger partial charge is 0.497 e. The van der Waals surface area contributed by atoms with Crippen LogP contribution in [0.4, 0.5) is 5.69 Å². The molecule has 0 aromatic heterocycles. The Balaban J connectivity index is 1.98. The first kappa shape index (κ1) is 18.1. The minimum Gasteiger partial charge on any atom is -0.497 e. The van der Waals surface area contributed by atoms with Crippen LogP contribution in [0.5, 0.6) is 5.75 Å². The van der Waals surface area contributed by atoms with Gasteiger partial charge in [0.05, 0.1) is 19.4 Å². The molecular formula is C20H19NO4S. The number of hydrogen-bond donors (Lipinski definition) is 0. The number of amides is 1. The minimum atomic E-state index is -0.429. The van der Waals surface area contributed by atoms with E-state index in [0.717, 1.165) is 21.1 Å². The molecule has 1 amide bonds. The minimum absolute atomic E-state index is 0.114. The lowest BCUT2D eigenvalue weighted by Crippen LogP contribution is -2.35. The molecule has 1 aliphatic heterocycles. The molecule has 2 aromatic carbocycles. The number of esters is 1. The Morgan fingerprint density at radius 3 is 2.54 bits per heavy atom. The molecule has 0 unspecified atom stereocenters. The molecule has 0 saturated carbocycles. The van der Waals surface area contributed by atoms with Crippen molar-refractivity contribution >= 4 is 34.2 Å². The first-order chi connectivity index (χ1) is 12.6. The molecule has 134 valence electrons. The summed E-state index contributed by atoms with van der Waals surface area (Å²) in [5.74, 6) is 0.0758. The summed E-state index contributed by atoms with van der Waals surface area (Å²) in [6.07, 6.45) is 1.56. The smallest absolute Gasteiger partial charge is 0.326 e. The highest BCUT2D eigenvalue weighted by molar-refractivity contribution is 8.08. The quantitative estimate of drug-likeness (QED) is 0.752. The third kappa shape index (κ3) is 3.91. The molecule has 0 aliphatic carbocycles. The third-order valence-electron chi connectivity index (χ3n) is 3.86. The van der Waals surface area contributed by atoms with E-state index in [1.54, 1.807) is 20.1 Å². The molecule has 0 N–H and O–H groups in total. The van der Waals surface area contributed by atoms with Crippen molar-refractivity contribution in [1.82, 2.24) is 0 Å². The highest BCUT2D eigenvalue weighted by Gasteiger charge is 2.25. The number of methoxy groups -OCH3 is 1. The second-order valence-electron chi connectivity index (χ2n) is 5.54. The van der Waals surface area contributed by atoms with Crippen LogP contribution >= 0.6 is 11.8 Å². The number of fused-ring (bicyclic) bond motifs is 1. The molecule has 1 aliphatic rings. The fourth-order valence-electron chi connectivity index (χ4n) is 2.62. The summed E-state index contributed by atoms with van der Waals surface area (Å²) >= 11 is 1.50. The predicted molar refractivity (Wildman–Crippen MR) is 102 cm³/mol. The van der Waals surface area contributed by atoms with Gasteiger partial charge in [-0.3, -0.25) is 14.5 Å². The number of hydrogen-bond acceptors (Lipinski definition) is 5. The summed E-state index contributed by atoms with van der Waals surface area (Å²) in [5, 5.41) is 0. The molecule has 0 atom stereocenters. The van der Waals surface area contributed by atoms with Gasteiger partial charge in [0.25, 0.3) is 5.91 Å². The number of thioether (sulfide) groups is 1. The zero-order chi connectivity index (χ0) is 18.5. The Bertz CT molecular complexity index is 845. The van der Waals surface area contributed by atoms with Gasteiger partial charge < -0.3 is 9.47 Å². The van der Waals surface area contributed by atoms with Crippen LogP contribution in [0.2, 0.25) is 0 Å². The number of anilines is 1. The lowest BCUT2D eigenvalue weighted by molar-refractivity contribution is -0.142. The fourth-order valence-corrected chi connectivity index (χ4v) is 3.70. The van der Waals surface area contributed by atoms with Crippen LogP contribution in [0, 0.1) is 0 Å². The number of para-hydroxylation sites is 1. The summed E-state index contributed by atoms with van der Waals surface area (Å²) in [5.41, 5.74) is 1.62. The average Bonchev–Trinajstić information content (AvgIpc) is 2.79. The van der Waals surface area contributed by atoms with E-state index in [-0.39, 0.29) is 19.1 Å². The van der Waals surface area contributed by atoms with Crippen LogP contribution in [0.3, 0.4) is 0 Å². The van der Waals surface area contributed by atoms with Gasteiger partial charge in [-0.25, -0.2) is 0 Å². The van der Waals surface area contributed by atoms with E-state index < -0.39 is 5.97 Å². The second kappa shape index (κ2) is 8.10. The Morgan fingerprint density at radius 2 is 1.85 bits per heavy atom. The number of carbonyl (C=O) groups excluding carboxylic acids is 2. The zero-order valence-electron chi connectivity index (χ0n) is 14.6. The van der Waals surface area contributed by atoms with E-state index in [2.05, 4.69) is 0 Å². The van der Waals surface area contributed by atoms with E-state index in [4.69, 9.17) is 9.47 Å². The standard InChI is InChI=1S/C20H19NO4S/c1-3-25-20(23)13-21-16-6-4-5-7-17(16)26-18(12-19(21)22)14-8-10-15(24-2)11-9-14/h4-12H,3,13H2,1-2H3. The first-order valence-electron chi connectivity index (χ1n) is 8.22. The molecule has 0 spiro atoms. The van der Waals surface area contributed by atoms with E-state index in [1.807, 2.05) is 48.5 Å². The van der Waals surface area contributed by atoms with Gasteiger partial charge in [-0.1, -0.05) is 36.0 Å². The maximum atomic E-state index is 12.8. The molecule has 0 bridgehead atoms. The number of nitrogens with zero attached hydrogens (tertiary/aromatic N) is 1. The van der Waals surface area contributed by atoms with Gasteiger partial charge in [-0.2, -0.15) is 0 Å². The molecule has 5 nitrogen and oxygen atoms in total. The molecule has 3 rings (SSSR count). The third-order valence-corrected chi connectivity index (χ3v) is 5.00. The SMILES string of the molecule is CCOC(=O)CN1C(=O)C=C(c2ccc(OC)cc2)Sc2ccccc21. The summed E-state index contributed by atoms with van der Waals surface area (Å²) in [6.45, 7) is 1.91. The van der Waals surface area contributed by atoms with Crippen LogP contribution < -0.4 is 9.64 Å². The van der Waals surface area contributed by atoms with E-state index in [1.165, 1.54) is 16.7 Å². The summed E-state index contributed by atoms with van der Waals surface area (Å²) in [4.78, 5) is 27.9. The maximum absolute atomic E-state index is 12.8. The molecule has 1 heterocycles. The van der Waals surface area contributed by atoms with Crippen molar-refractivity contribution in [3.05, 3.63) is 60.2 Å². The van der Waals surface area contributed by atoms with Gasteiger partial charge in [-0.05, 0) is 36.8 Å². The van der Waals surface area contributed by atoms with Crippen LogP contribution in [0.25, 0.3) is 4.91 Å². The van der Waals surface area contributed by atoms with Crippen LogP contribution in [0.15, 0.2) is 59.5 Å². The van der Waals surface area contributed by atoms with E-state index >= 15 is 0 Å². The summed E-state index contributed by atoms with van der Waals surface area (Å²) in [7, 11) is 1.61. The molecule has 0 saturated heterocycles. The normalized spacial score (nSPS) is 13.5. The van der Waals surface area contributed by atoms with Crippen LogP contribution in [0.1, 0.15) is 12.5 Å². The van der Waals surface area contributed by atoms with E-state index in [0.29, 0.717) is 5.69 Å². The molecule has 26 heavy (non-hydrogen) atoms. The lowest BCUT2D eigenvalue weighted by atomic mass is 10.2. The van der Waals surface area contributed by atoms with Crippen LogP contribution in [-0.2, 0) is 14.3 Å². The van der Waals surface area contributed by atoms with Gasteiger partial charge in [0.1, 0.15) is 12.3 Å². The number of ether oxygens (including phenoxy) is 2. The summed E-state index contributed by atoms with van der Waals surface area (Å²) < 4.78 is 10.2. The predicted octanol–water partition coefficient (Wildman–Crippen LogP) is 3.74. The van der Waals surface area contributed by atoms with Crippen LogP contribution in [-0.4, -0.2) is 32.1 Å². The van der Waals surface area contributed by atoms with Crippen molar-refractivity contribution in [3.8, 4) is 5.75 Å². The fraction of sp³-hybridized carbons (Fsp3) is 0.200. The van der Waals surface area contributed by atoms with Crippen molar-refractivity contribution < 1.29 is 19.1 Å². The maximum Gasteiger partial charge on any atom is 0.326 e. The lowest BCUT2D eigenvalue weighted by Gasteiger charge is -2.20. The van der Waals surface area contributed by atoms with Crippen molar-refractivity contribution in [2.24, 2.45) is 0 Å². The molecule has 0 fully saturated rings. The Labute approximate surface area is 156 Å². The average molecular weight is 369 g/mol. The highest BCUT2D eigenvalue weighted by atomic mass is 32.2. The second-order valence-corrected chi connectivity index (χ2v) is 6.62. The van der Waals surface area contributed by atoms with E-state index in [9.17, 15) is 9.59 Å². The molecule has 2 aromatic rings. The van der Waals surface area contributed by atoms with Crippen molar-refractivity contribution in [1.29, 1.82) is 0 Å². The van der Waals surface area contributed by atoms with Gasteiger partial charge >= 0.3 is 5.97 Å². The molecule has 6 heteroatoms.